The molecule has 128 valence electrons. The van der Waals surface area contributed by atoms with Crippen molar-refractivity contribution >= 4 is 46.6 Å². The molecular weight excluding hydrogens is 377 g/mol. The van der Waals surface area contributed by atoms with Gasteiger partial charge in [-0.05, 0) is 49.4 Å². The zero-order chi connectivity index (χ0) is 17.8. The van der Waals surface area contributed by atoms with Crippen LogP contribution in [0, 0.1) is 11.3 Å². The Bertz CT molecular complexity index is 844. The number of nitriles is 1. The number of anilines is 1. The standard InChI is InChI=1S/C18H15Cl2N3OS/c19-13-5-3-6-14(20)17(13)23-16(24)10-25-18-12(9-21)8-11-4-1-2-7-15(11)22-18/h3,5-6,8H,1-2,4,7,10H2,(H,23,24). The van der Waals surface area contributed by atoms with Crippen LogP contribution in [0.4, 0.5) is 5.69 Å². The minimum absolute atomic E-state index is 0.127. The number of nitrogens with zero attached hydrogens (tertiary/aromatic N) is 2. The van der Waals surface area contributed by atoms with Crippen molar-refractivity contribution in [3.05, 3.63) is 51.1 Å². The summed E-state index contributed by atoms with van der Waals surface area (Å²) in [5.41, 5.74) is 3.12. The van der Waals surface area contributed by atoms with E-state index in [1.165, 1.54) is 11.8 Å². The summed E-state index contributed by atoms with van der Waals surface area (Å²) in [6.45, 7) is 0. The van der Waals surface area contributed by atoms with Crippen molar-refractivity contribution in [2.24, 2.45) is 0 Å². The Hall–Kier alpha value is -1.74. The van der Waals surface area contributed by atoms with Gasteiger partial charge in [-0.3, -0.25) is 4.79 Å². The highest BCUT2D eigenvalue weighted by Crippen LogP contribution is 2.31. The minimum Gasteiger partial charge on any atom is -0.323 e. The van der Waals surface area contributed by atoms with Gasteiger partial charge in [0.2, 0.25) is 5.91 Å². The van der Waals surface area contributed by atoms with E-state index in [2.05, 4.69) is 16.4 Å². The summed E-state index contributed by atoms with van der Waals surface area (Å²) in [5, 5.41) is 13.4. The van der Waals surface area contributed by atoms with Crippen LogP contribution < -0.4 is 5.32 Å². The first kappa shape index (κ1) is 18.1. The summed E-state index contributed by atoms with van der Waals surface area (Å²) in [4.78, 5) is 16.8. The van der Waals surface area contributed by atoms with Crippen LogP contribution >= 0.6 is 35.0 Å². The summed E-state index contributed by atoms with van der Waals surface area (Å²) >= 11 is 13.4. The molecule has 0 saturated carbocycles. The molecule has 0 atom stereocenters. The van der Waals surface area contributed by atoms with Crippen LogP contribution in [-0.2, 0) is 17.6 Å². The fourth-order valence-corrected chi connectivity index (χ4v) is 4.00. The van der Waals surface area contributed by atoms with E-state index in [-0.39, 0.29) is 11.7 Å². The number of hydrogen-bond acceptors (Lipinski definition) is 4. The lowest BCUT2D eigenvalue weighted by atomic mass is 9.95. The summed E-state index contributed by atoms with van der Waals surface area (Å²) in [6.07, 6.45) is 4.14. The quantitative estimate of drug-likeness (QED) is 0.754. The number of carbonyl (C=O) groups excluding carboxylic acids is 1. The molecule has 1 aliphatic rings. The van der Waals surface area contributed by atoms with Crippen molar-refractivity contribution in [1.29, 1.82) is 5.26 Å². The SMILES string of the molecule is N#Cc1cc2c(nc1SCC(=O)Nc1c(Cl)cccc1Cl)CCCC2. The largest absolute Gasteiger partial charge is 0.323 e. The van der Waals surface area contributed by atoms with Crippen molar-refractivity contribution in [2.75, 3.05) is 11.1 Å². The van der Waals surface area contributed by atoms with Gasteiger partial charge in [-0.15, -0.1) is 0 Å². The molecule has 1 aromatic heterocycles. The Kier molecular flexibility index (Phi) is 5.85. The molecule has 25 heavy (non-hydrogen) atoms. The first-order valence-corrected chi connectivity index (χ1v) is 9.62. The van der Waals surface area contributed by atoms with E-state index in [0.717, 1.165) is 36.9 Å². The van der Waals surface area contributed by atoms with E-state index in [1.807, 2.05) is 6.07 Å². The van der Waals surface area contributed by atoms with E-state index in [0.29, 0.717) is 26.3 Å². The second-order valence-corrected chi connectivity index (χ2v) is 7.48. The number of hydrogen-bond donors (Lipinski definition) is 1. The fraction of sp³-hybridized carbons (Fsp3) is 0.278. The second-order valence-electron chi connectivity index (χ2n) is 5.70. The third kappa shape index (κ3) is 4.27. The normalized spacial score (nSPS) is 13.0. The molecule has 1 aliphatic carbocycles. The van der Waals surface area contributed by atoms with Crippen molar-refractivity contribution in [3.8, 4) is 6.07 Å². The monoisotopic (exact) mass is 391 g/mol. The number of pyridine rings is 1. The molecule has 1 amide bonds. The topological polar surface area (TPSA) is 65.8 Å². The fourth-order valence-electron chi connectivity index (χ4n) is 2.73. The molecule has 1 aromatic carbocycles. The van der Waals surface area contributed by atoms with Gasteiger partial charge in [0, 0.05) is 5.69 Å². The molecule has 2 aromatic rings. The number of fused-ring (bicyclic) bond motifs is 1. The number of halogens is 2. The van der Waals surface area contributed by atoms with Crippen LogP contribution in [0.1, 0.15) is 29.7 Å². The molecule has 0 spiro atoms. The van der Waals surface area contributed by atoms with Gasteiger partial charge in [0.1, 0.15) is 11.1 Å². The molecule has 0 saturated heterocycles. The average molecular weight is 392 g/mol. The zero-order valence-corrected chi connectivity index (χ0v) is 15.6. The van der Waals surface area contributed by atoms with Crippen molar-refractivity contribution in [2.45, 2.75) is 30.7 Å². The Balaban J connectivity index is 1.71. The van der Waals surface area contributed by atoms with Crippen LogP contribution in [0.2, 0.25) is 10.0 Å². The van der Waals surface area contributed by atoms with E-state index < -0.39 is 0 Å². The van der Waals surface area contributed by atoms with Crippen molar-refractivity contribution < 1.29 is 4.79 Å². The molecule has 1 N–H and O–H groups in total. The second kappa shape index (κ2) is 8.09. The number of aryl methyl sites for hydroxylation is 2. The first-order valence-electron chi connectivity index (χ1n) is 7.88. The number of nitrogens with one attached hydrogen (secondary N) is 1. The van der Waals surface area contributed by atoms with Crippen LogP contribution in [0.5, 0.6) is 0 Å². The van der Waals surface area contributed by atoms with E-state index in [4.69, 9.17) is 23.2 Å². The van der Waals surface area contributed by atoms with Gasteiger partial charge in [0.05, 0.1) is 27.0 Å². The third-order valence-electron chi connectivity index (χ3n) is 3.95. The third-order valence-corrected chi connectivity index (χ3v) is 5.57. The Labute approximate surface area is 160 Å². The molecule has 1 heterocycles. The van der Waals surface area contributed by atoms with E-state index in [9.17, 15) is 10.1 Å². The van der Waals surface area contributed by atoms with Crippen LogP contribution in [-0.4, -0.2) is 16.6 Å². The highest BCUT2D eigenvalue weighted by Gasteiger charge is 2.17. The predicted molar refractivity (Wildman–Crippen MR) is 101 cm³/mol. The highest BCUT2D eigenvalue weighted by atomic mass is 35.5. The number of para-hydroxylation sites is 1. The van der Waals surface area contributed by atoms with Gasteiger partial charge in [-0.25, -0.2) is 4.98 Å². The molecule has 3 rings (SSSR count). The van der Waals surface area contributed by atoms with Gasteiger partial charge in [0.25, 0.3) is 0 Å². The van der Waals surface area contributed by atoms with Crippen LogP contribution in [0.25, 0.3) is 0 Å². The van der Waals surface area contributed by atoms with E-state index in [1.54, 1.807) is 18.2 Å². The molecular formula is C18H15Cl2N3OS. The average Bonchev–Trinajstić information content (AvgIpc) is 2.62. The number of rotatable bonds is 4. The summed E-state index contributed by atoms with van der Waals surface area (Å²) in [5.74, 6) is -0.120. The van der Waals surface area contributed by atoms with Crippen LogP contribution in [0.3, 0.4) is 0 Å². The van der Waals surface area contributed by atoms with Crippen molar-refractivity contribution in [3.63, 3.8) is 0 Å². The minimum atomic E-state index is -0.247. The van der Waals surface area contributed by atoms with Crippen LogP contribution in [0.15, 0.2) is 29.3 Å². The number of carbonyl (C=O) groups is 1. The lowest BCUT2D eigenvalue weighted by Crippen LogP contribution is -2.15. The zero-order valence-electron chi connectivity index (χ0n) is 13.3. The molecule has 0 radical (unpaired) electrons. The smallest absolute Gasteiger partial charge is 0.234 e. The lowest BCUT2D eigenvalue weighted by molar-refractivity contribution is -0.113. The number of benzene rings is 1. The molecule has 0 bridgehead atoms. The van der Waals surface area contributed by atoms with Crippen molar-refractivity contribution in [1.82, 2.24) is 4.98 Å². The summed E-state index contributed by atoms with van der Waals surface area (Å²) in [6, 6.07) is 9.13. The maximum atomic E-state index is 12.2. The van der Waals surface area contributed by atoms with Gasteiger partial charge >= 0.3 is 0 Å². The first-order chi connectivity index (χ1) is 12.1. The number of aromatic nitrogens is 1. The van der Waals surface area contributed by atoms with Gasteiger partial charge in [0.15, 0.2) is 0 Å². The maximum absolute atomic E-state index is 12.2. The lowest BCUT2D eigenvalue weighted by Gasteiger charge is -2.16. The number of thioether (sulfide) groups is 1. The Morgan fingerprint density at radius 3 is 2.72 bits per heavy atom. The molecule has 0 aliphatic heterocycles. The summed E-state index contributed by atoms with van der Waals surface area (Å²) < 4.78 is 0. The summed E-state index contributed by atoms with van der Waals surface area (Å²) in [7, 11) is 0. The van der Waals surface area contributed by atoms with Gasteiger partial charge in [-0.2, -0.15) is 5.26 Å². The van der Waals surface area contributed by atoms with E-state index >= 15 is 0 Å². The highest BCUT2D eigenvalue weighted by molar-refractivity contribution is 8.00. The predicted octanol–water partition coefficient (Wildman–Crippen LogP) is 4.87. The van der Waals surface area contributed by atoms with Gasteiger partial charge in [-0.1, -0.05) is 41.0 Å². The Morgan fingerprint density at radius 1 is 1.28 bits per heavy atom. The maximum Gasteiger partial charge on any atom is 0.234 e. The molecule has 0 unspecified atom stereocenters. The molecule has 7 heteroatoms. The molecule has 4 nitrogen and oxygen atoms in total. The Morgan fingerprint density at radius 2 is 2.00 bits per heavy atom. The van der Waals surface area contributed by atoms with Gasteiger partial charge < -0.3 is 5.32 Å². The molecule has 0 fully saturated rings. The number of amides is 1.